The van der Waals surface area contributed by atoms with E-state index in [0.29, 0.717) is 12.8 Å². The van der Waals surface area contributed by atoms with Crippen LogP contribution in [0.2, 0.25) is 10.2 Å². The van der Waals surface area contributed by atoms with Crippen molar-refractivity contribution in [2.24, 2.45) is 0 Å². The number of carbonyl (C=O) groups is 2. The normalized spacial score (nSPS) is 9.29. The van der Waals surface area contributed by atoms with Crippen LogP contribution in [0.4, 0.5) is 11.5 Å². The van der Waals surface area contributed by atoms with E-state index in [9.17, 15) is 9.59 Å². The van der Waals surface area contributed by atoms with Crippen LogP contribution in [0.5, 0.6) is 0 Å². The van der Waals surface area contributed by atoms with Crippen molar-refractivity contribution in [2.75, 3.05) is 10.6 Å². The van der Waals surface area contributed by atoms with Gasteiger partial charge in [-0.1, -0.05) is 23.2 Å². The molecule has 7 heteroatoms. The average Bonchev–Trinajstić information content (AvgIpc) is 2.12. The minimum absolute atomic E-state index is 0.00829. The van der Waals surface area contributed by atoms with E-state index in [4.69, 9.17) is 23.2 Å². The fraction of sp³-hybridized carbons (Fsp3) is 0. The zero-order valence-electron chi connectivity index (χ0n) is 6.75. The molecule has 1 rings (SSSR count). The lowest BCUT2D eigenvalue weighted by Gasteiger charge is -2.06. The molecule has 0 aliphatic rings. The fourth-order valence-electron chi connectivity index (χ4n) is 0.806. The lowest BCUT2D eigenvalue weighted by Crippen LogP contribution is -2.01. The van der Waals surface area contributed by atoms with Crippen LogP contribution < -0.4 is 10.6 Å². The summed E-state index contributed by atoms with van der Waals surface area (Å²) in [5.74, 6) is 0.214. The fourth-order valence-corrected chi connectivity index (χ4v) is 1.35. The molecule has 14 heavy (non-hydrogen) atoms. The molecule has 0 atom stereocenters. The zero-order chi connectivity index (χ0) is 10.6. The third-order valence-electron chi connectivity index (χ3n) is 1.34. The number of hydrogen-bond donors (Lipinski definition) is 2. The highest BCUT2D eigenvalue weighted by Gasteiger charge is 2.08. The number of amides is 2. The molecule has 2 amide bonds. The van der Waals surface area contributed by atoms with Crippen LogP contribution in [0, 0.1) is 0 Å². The van der Waals surface area contributed by atoms with Crippen molar-refractivity contribution in [1.29, 1.82) is 0 Å². The Hall–Kier alpha value is -1.33. The molecular formula is C7H5Cl2N3O2. The Labute approximate surface area is 89.4 Å². The van der Waals surface area contributed by atoms with Crippen molar-refractivity contribution in [3.8, 4) is 0 Å². The van der Waals surface area contributed by atoms with Gasteiger partial charge in [0.15, 0.2) is 5.15 Å². The Morgan fingerprint density at radius 1 is 1.21 bits per heavy atom. The smallest absolute Gasteiger partial charge is 0.212 e. The van der Waals surface area contributed by atoms with Gasteiger partial charge in [-0.25, -0.2) is 4.98 Å². The molecule has 5 nitrogen and oxygen atoms in total. The molecule has 0 aromatic carbocycles. The second-order valence-electron chi connectivity index (χ2n) is 2.18. The number of carbonyl (C=O) groups excluding carboxylic acids is 2. The first-order chi connectivity index (χ1) is 6.69. The van der Waals surface area contributed by atoms with Crippen molar-refractivity contribution in [3.05, 3.63) is 16.2 Å². The third kappa shape index (κ3) is 2.34. The minimum Gasteiger partial charge on any atom is -0.325 e. The van der Waals surface area contributed by atoms with Crippen LogP contribution in [0.3, 0.4) is 0 Å². The third-order valence-corrected chi connectivity index (χ3v) is 1.91. The molecule has 0 saturated carbocycles. The summed E-state index contributed by atoms with van der Waals surface area (Å²) in [4.78, 5) is 24.0. The van der Waals surface area contributed by atoms with Gasteiger partial charge in [0, 0.05) is 6.07 Å². The van der Waals surface area contributed by atoms with E-state index in [1.807, 2.05) is 0 Å². The average molecular weight is 234 g/mol. The number of halogens is 2. The van der Waals surface area contributed by atoms with Crippen LogP contribution in [-0.2, 0) is 9.59 Å². The van der Waals surface area contributed by atoms with Gasteiger partial charge in [0.1, 0.15) is 5.82 Å². The number of aromatic nitrogens is 1. The number of pyridine rings is 1. The van der Waals surface area contributed by atoms with Crippen molar-refractivity contribution in [1.82, 2.24) is 4.98 Å². The maximum Gasteiger partial charge on any atom is 0.212 e. The lowest BCUT2D eigenvalue weighted by molar-refractivity contribution is -0.106. The van der Waals surface area contributed by atoms with Crippen LogP contribution in [0.25, 0.3) is 0 Å². The van der Waals surface area contributed by atoms with Crippen LogP contribution in [0.15, 0.2) is 6.07 Å². The Morgan fingerprint density at radius 2 is 1.86 bits per heavy atom. The van der Waals surface area contributed by atoms with Gasteiger partial charge in [0.2, 0.25) is 12.8 Å². The first-order valence-electron chi connectivity index (χ1n) is 3.45. The minimum atomic E-state index is 0.00829. The van der Waals surface area contributed by atoms with E-state index in [2.05, 4.69) is 15.6 Å². The van der Waals surface area contributed by atoms with Gasteiger partial charge in [-0.15, -0.1) is 0 Å². The van der Waals surface area contributed by atoms with Crippen molar-refractivity contribution in [3.63, 3.8) is 0 Å². The summed E-state index contributed by atoms with van der Waals surface area (Å²) in [6.45, 7) is 0. The Morgan fingerprint density at radius 3 is 2.36 bits per heavy atom. The Balaban J connectivity index is 3.10. The highest BCUT2D eigenvalue weighted by molar-refractivity contribution is 6.39. The van der Waals surface area contributed by atoms with E-state index in [1.165, 1.54) is 6.07 Å². The van der Waals surface area contributed by atoms with E-state index in [0.717, 1.165) is 0 Å². The van der Waals surface area contributed by atoms with E-state index < -0.39 is 0 Å². The number of anilines is 2. The molecule has 1 aromatic rings. The maximum absolute atomic E-state index is 10.2. The SMILES string of the molecule is O=CNc1cc(Cl)c(NC=O)c(Cl)n1. The van der Waals surface area contributed by atoms with E-state index in [-0.39, 0.29) is 21.7 Å². The molecule has 0 unspecified atom stereocenters. The molecular weight excluding hydrogens is 229 g/mol. The summed E-state index contributed by atoms with van der Waals surface area (Å²) in [7, 11) is 0. The summed E-state index contributed by atoms with van der Waals surface area (Å²) in [6.07, 6.45) is 0.878. The van der Waals surface area contributed by atoms with Gasteiger partial charge in [-0.2, -0.15) is 0 Å². The summed E-state index contributed by atoms with van der Waals surface area (Å²) in [5.41, 5.74) is 0.208. The highest BCUT2D eigenvalue weighted by atomic mass is 35.5. The molecule has 0 fully saturated rings. The number of nitrogens with one attached hydrogen (secondary N) is 2. The van der Waals surface area contributed by atoms with Crippen molar-refractivity contribution in [2.45, 2.75) is 0 Å². The lowest BCUT2D eigenvalue weighted by atomic mass is 10.4. The summed E-state index contributed by atoms with van der Waals surface area (Å²) in [5, 5.41) is 4.78. The number of rotatable bonds is 4. The van der Waals surface area contributed by atoms with Crippen LogP contribution >= 0.6 is 23.2 Å². The van der Waals surface area contributed by atoms with Crippen molar-refractivity contribution < 1.29 is 9.59 Å². The summed E-state index contributed by atoms with van der Waals surface area (Å²) < 4.78 is 0. The van der Waals surface area contributed by atoms with Gasteiger partial charge in [-0.3, -0.25) is 9.59 Å². The van der Waals surface area contributed by atoms with Crippen LogP contribution in [-0.4, -0.2) is 17.8 Å². The molecule has 2 N–H and O–H groups in total. The van der Waals surface area contributed by atoms with Gasteiger partial charge >= 0.3 is 0 Å². The first-order valence-corrected chi connectivity index (χ1v) is 4.21. The molecule has 1 heterocycles. The predicted molar refractivity (Wildman–Crippen MR) is 53.6 cm³/mol. The van der Waals surface area contributed by atoms with E-state index >= 15 is 0 Å². The first kappa shape index (κ1) is 10.7. The maximum atomic E-state index is 10.2. The van der Waals surface area contributed by atoms with Crippen LogP contribution in [0.1, 0.15) is 0 Å². The molecule has 0 aliphatic heterocycles. The molecule has 0 aliphatic carbocycles. The summed E-state index contributed by atoms with van der Waals surface area (Å²) in [6, 6.07) is 1.37. The number of hydrogen-bond acceptors (Lipinski definition) is 3. The monoisotopic (exact) mass is 233 g/mol. The second kappa shape index (κ2) is 4.78. The molecule has 1 aromatic heterocycles. The summed E-state index contributed by atoms with van der Waals surface area (Å²) >= 11 is 11.4. The topological polar surface area (TPSA) is 71.1 Å². The molecule has 0 saturated heterocycles. The standard InChI is InChI=1S/C7H5Cl2N3O2/c8-4-1-5(10-2-13)12-7(9)6(4)11-3-14/h1-3H,(H,11,14)(H,10,12,13). The second-order valence-corrected chi connectivity index (χ2v) is 2.94. The Bertz CT molecular complexity index is 347. The van der Waals surface area contributed by atoms with Gasteiger partial charge < -0.3 is 10.6 Å². The van der Waals surface area contributed by atoms with Gasteiger partial charge in [0.25, 0.3) is 0 Å². The molecule has 0 bridgehead atoms. The largest absolute Gasteiger partial charge is 0.325 e. The zero-order valence-corrected chi connectivity index (χ0v) is 8.26. The van der Waals surface area contributed by atoms with Gasteiger partial charge in [-0.05, 0) is 0 Å². The van der Waals surface area contributed by atoms with Crippen molar-refractivity contribution >= 4 is 47.5 Å². The Kier molecular flexibility index (Phi) is 3.67. The predicted octanol–water partition coefficient (Wildman–Crippen LogP) is 1.52. The van der Waals surface area contributed by atoms with E-state index in [1.54, 1.807) is 0 Å². The number of nitrogens with zero attached hydrogens (tertiary/aromatic N) is 1. The molecule has 0 radical (unpaired) electrons. The quantitative estimate of drug-likeness (QED) is 0.612. The van der Waals surface area contributed by atoms with Gasteiger partial charge in [0.05, 0.1) is 10.7 Å². The highest BCUT2D eigenvalue weighted by Crippen LogP contribution is 2.30. The molecule has 0 spiro atoms. The molecule has 74 valence electrons.